The summed E-state index contributed by atoms with van der Waals surface area (Å²) in [6, 6.07) is 8.32. The van der Waals surface area contributed by atoms with Crippen molar-refractivity contribution in [1.82, 2.24) is 9.80 Å². The van der Waals surface area contributed by atoms with Crippen LogP contribution in [0, 0.1) is 11.3 Å². The largest absolute Gasteiger partial charge is 0.416 e. The fourth-order valence-electron chi connectivity index (χ4n) is 4.54. The first-order valence-electron chi connectivity index (χ1n) is 11.9. The minimum Gasteiger partial charge on any atom is -0.385 e. The Morgan fingerprint density at radius 3 is 2.11 bits per heavy atom. The van der Waals surface area contributed by atoms with Crippen molar-refractivity contribution in [2.24, 2.45) is 0 Å². The number of likely N-dealkylation sites (N-methyl/N-ethyl adjacent to an activating group) is 1. The third kappa shape index (κ3) is 7.17. The van der Waals surface area contributed by atoms with Crippen molar-refractivity contribution in [2.45, 2.75) is 49.7 Å². The molecule has 0 bridgehead atoms. The van der Waals surface area contributed by atoms with E-state index in [1.807, 2.05) is 6.07 Å². The molecule has 0 unspecified atom stereocenters. The zero-order valence-electron chi connectivity index (χ0n) is 20.8. The molecule has 3 rings (SSSR count). The summed E-state index contributed by atoms with van der Waals surface area (Å²) in [5, 5.41) is 22.6. The Balaban J connectivity index is 1.83. The van der Waals surface area contributed by atoms with E-state index in [1.165, 1.54) is 4.90 Å². The maximum absolute atomic E-state index is 13.3. The van der Waals surface area contributed by atoms with Gasteiger partial charge < -0.3 is 20.2 Å². The number of hydrogen-bond donors (Lipinski definition) is 2. The molecule has 0 radical (unpaired) electrons. The number of hydrogen-bond acceptors (Lipinski definition) is 4. The number of carbonyl (C=O) groups excluding carboxylic acids is 1. The van der Waals surface area contributed by atoms with E-state index in [4.69, 9.17) is 5.26 Å². The first-order chi connectivity index (χ1) is 17.6. The zero-order chi connectivity index (χ0) is 28.3. The van der Waals surface area contributed by atoms with Crippen molar-refractivity contribution in [2.75, 3.05) is 32.5 Å². The summed E-state index contributed by atoms with van der Waals surface area (Å²) < 4.78 is 79.5. The molecule has 1 fully saturated rings. The lowest BCUT2D eigenvalue weighted by atomic mass is 9.77. The van der Waals surface area contributed by atoms with Crippen LogP contribution in [-0.4, -0.2) is 54.2 Å². The Labute approximate surface area is 216 Å². The fourth-order valence-corrected chi connectivity index (χ4v) is 4.54. The number of benzene rings is 2. The maximum Gasteiger partial charge on any atom is 0.416 e. The van der Waals surface area contributed by atoms with Gasteiger partial charge in [0, 0.05) is 24.8 Å². The number of amides is 2. The Kier molecular flexibility index (Phi) is 8.63. The molecule has 1 aliphatic carbocycles. The summed E-state index contributed by atoms with van der Waals surface area (Å²) in [6.07, 6.45) is -8.90. The Morgan fingerprint density at radius 2 is 1.61 bits per heavy atom. The first-order valence-corrected chi connectivity index (χ1v) is 11.9. The molecular weight excluding hydrogens is 514 g/mol. The average Bonchev–Trinajstić information content (AvgIpc) is 2.84. The van der Waals surface area contributed by atoms with Crippen LogP contribution in [0.5, 0.6) is 0 Å². The lowest BCUT2D eigenvalue weighted by molar-refractivity contribution is -0.143. The zero-order valence-corrected chi connectivity index (χ0v) is 20.8. The van der Waals surface area contributed by atoms with Crippen LogP contribution in [0.25, 0.3) is 0 Å². The van der Waals surface area contributed by atoms with E-state index < -0.39 is 46.8 Å². The van der Waals surface area contributed by atoms with Crippen LogP contribution in [0.1, 0.15) is 47.9 Å². The first kappa shape index (κ1) is 29.3. The van der Waals surface area contributed by atoms with Gasteiger partial charge in [-0.2, -0.15) is 31.6 Å². The van der Waals surface area contributed by atoms with Gasteiger partial charge in [-0.15, -0.1) is 0 Å². The van der Waals surface area contributed by atoms with E-state index in [9.17, 15) is 36.2 Å². The summed E-state index contributed by atoms with van der Waals surface area (Å²) in [7, 11) is 3.53. The highest BCUT2D eigenvalue weighted by Crippen LogP contribution is 2.40. The van der Waals surface area contributed by atoms with E-state index in [0.717, 1.165) is 0 Å². The summed E-state index contributed by atoms with van der Waals surface area (Å²) in [6.45, 7) is 0.561. The highest BCUT2D eigenvalue weighted by atomic mass is 19.4. The number of aliphatic hydroxyl groups is 1. The van der Waals surface area contributed by atoms with Crippen molar-refractivity contribution in [1.29, 1.82) is 5.26 Å². The molecule has 0 aromatic heterocycles. The van der Waals surface area contributed by atoms with Gasteiger partial charge in [-0.3, -0.25) is 0 Å². The van der Waals surface area contributed by atoms with E-state index >= 15 is 0 Å². The second-order valence-electron chi connectivity index (χ2n) is 9.68. The predicted octanol–water partition coefficient (Wildman–Crippen LogP) is 5.82. The molecule has 0 atom stereocenters. The molecule has 2 aromatic rings. The number of alkyl halides is 6. The summed E-state index contributed by atoms with van der Waals surface area (Å²) in [4.78, 5) is 16.4. The van der Waals surface area contributed by atoms with E-state index in [2.05, 4.69) is 5.32 Å². The summed E-state index contributed by atoms with van der Waals surface area (Å²) in [5.41, 5.74) is -3.93. The molecule has 206 valence electrons. The number of anilines is 1. The molecule has 12 heteroatoms. The average molecular weight is 543 g/mol. The minimum atomic E-state index is -5.04. The van der Waals surface area contributed by atoms with Crippen LogP contribution in [0.4, 0.5) is 36.8 Å². The molecule has 6 nitrogen and oxygen atoms in total. The number of nitrogens with one attached hydrogen (secondary N) is 1. The number of halogens is 6. The number of carbonyl (C=O) groups is 1. The third-order valence-electron chi connectivity index (χ3n) is 6.64. The lowest BCUT2D eigenvalue weighted by Gasteiger charge is -2.41. The van der Waals surface area contributed by atoms with E-state index in [1.54, 1.807) is 43.3 Å². The molecule has 38 heavy (non-hydrogen) atoms. The van der Waals surface area contributed by atoms with Gasteiger partial charge in [0.25, 0.3) is 0 Å². The molecule has 0 saturated heterocycles. The minimum absolute atomic E-state index is 0.00272. The smallest absolute Gasteiger partial charge is 0.385 e. The lowest BCUT2D eigenvalue weighted by Crippen LogP contribution is -2.49. The maximum atomic E-state index is 13.3. The van der Waals surface area contributed by atoms with Crippen LogP contribution in [0.3, 0.4) is 0 Å². The Hall–Kier alpha value is -3.30. The Morgan fingerprint density at radius 1 is 1.03 bits per heavy atom. The number of nitrogens with zero attached hydrogens (tertiary/aromatic N) is 3. The van der Waals surface area contributed by atoms with Gasteiger partial charge in [-0.25, -0.2) is 4.79 Å². The van der Waals surface area contributed by atoms with E-state index in [0.29, 0.717) is 42.6 Å². The van der Waals surface area contributed by atoms with Crippen LogP contribution in [-0.2, 0) is 18.0 Å². The Bertz CT molecular complexity index is 1150. The molecule has 0 aliphatic heterocycles. The van der Waals surface area contributed by atoms with Crippen molar-refractivity contribution in [3.63, 3.8) is 0 Å². The predicted molar refractivity (Wildman–Crippen MR) is 128 cm³/mol. The van der Waals surface area contributed by atoms with Gasteiger partial charge in [-0.05, 0) is 75.7 Å². The van der Waals surface area contributed by atoms with Crippen molar-refractivity contribution >= 4 is 11.7 Å². The SMILES string of the molecule is CN(C)CCN(C(=O)Nc1cc(C(F)(F)F)cc(C(F)(F)F)c1)C1CCC(O)(c2cccc(C#N)c2)CC1. The normalized spacial score (nSPS) is 20.2. The molecule has 2 aromatic carbocycles. The van der Waals surface area contributed by atoms with E-state index in [-0.39, 0.29) is 25.5 Å². The number of rotatable bonds is 6. The standard InChI is InChI=1S/C26H28F6N4O2/c1-35(2)10-11-36(22-6-8-24(38,9-7-22)18-5-3-4-17(12-18)16-33)23(37)34-21-14-19(25(27,28)29)13-20(15-21)26(30,31)32/h3-5,12-15,22,38H,6-11H2,1-2H3,(H,34,37). The molecule has 0 spiro atoms. The molecule has 0 heterocycles. The van der Waals surface area contributed by atoms with Gasteiger partial charge in [0.05, 0.1) is 28.4 Å². The topological polar surface area (TPSA) is 79.6 Å². The molecule has 2 amide bonds. The van der Waals surface area contributed by atoms with Gasteiger partial charge in [0.1, 0.15) is 0 Å². The summed E-state index contributed by atoms with van der Waals surface area (Å²) in [5.74, 6) is 0. The van der Waals surface area contributed by atoms with Crippen molar-refractivity contribution in [3.05, 3.63) is 64.7 Å². The highest BCUT2D eigenvalue weighted by Gasteiger charge is 2.39. The number of urea groups is 1. The monoisotopic (exact) mass is 542 g/mol. The van der Waals surface area contributed by atoms with Crippen LogP contribution >= 0.6 is 0 Å². The third-order valence-corrected chi connectivity index (χ3v) is 6.64. The second kappa shape index (κ2) is 11.2. The molecule has 1 aliphatic rings. The number of nitriles is 1. The molecular formula is C26H28F6N4O2. The van der Waals surface area contributed by atoms with Gasteiger partial charge >= 0.3 is 18.4 Å². The van der Waals surface area contributed by atoms with Crippen molar-refractivity contribution < 1.29 is 36.2 Å². The second-order valence-corrected chi connectivity index (χ2v) is 9.68. The fraction of sp³-hybridized carbons (Fsp3) is 0.462. The quantitative estimate of drug-likeness (QED) is 0.451. The van der Waals surface area contributed by atoms with Gasteiger partial charge in [-0.1, -0.05) is 12.1 Å². The highest BCUT2D eigenvalue weighted by molar-refractivity contribution is 5.90. The summed E-state index contributed by atoms with van der Waals surface area (Å²) >= 11 is 0. The van der Waals surface area contributed by atoms with Crippen LogP contribution in [0.2, 0.25) is 0 Å². The van der Waals surface area contributed by atoms with Crippen LogP contribution < -0.4 is 5.32 Å². The molecule has 1 saturated carbocycles. The van der Waals surface area contributed by atoms with Crippen LogP contribution in [0.15, 0.2) is 42.5 Å². The van der Waals surface area contributed by atoms with Gasteiger partial charge in [0.2, 0.25) is 0 Å². The van der Waals surface area contributed by atoms with Gasteiger partial charge in [0.15, 0.2) is 0 Å². The molecule has 2 N–H and O–H groups in total. The van der Waals surface area contributed by atoms with Crippen molar-refractivity contribution in [3.8, 4) is 6.07 Å².